The fourth-order valence-electron chi connectivity index (χ4n) is 3.85. The van der Waals surface area contributed by atoms with E-state index in [-0.39, 0.29) is 17.8 Å². The number of fused-ring (bicyclic) bond motifs is 3. The van der Waals surface area contributed by atoms with Gasteiger partial charge in [0.1, 0.15) is 11.6 Å². The highest BCUT2D eigenvalue weighted by Gasteiger charge is 2.44. The zero-order chi connectivity index (χ0) is 16.0. The average molecular weight is 332 g/mol. The van der Waals surface area contributed by atoms with E-state index in [0.29, 0.717) is 13.0 Å². The van der Waals surface area contributed by atoms with Crippen LogP contribution in [0.1, 0.15) is 30.1 Å². The van der Waals surface area contributed by atoms with E-state index in [1.807, 2.05) is 37.3 Å². The molecular formula is C16H20N4O2S. The summed E-state index contributed by atoms with van der Waals surface area (Å²) < 4.78 is 29.9. The Hall–Kier alpha value is -1.73. The van der Waals surface area contributed by atoms with Crippen molar-refractivity contribution in [2.45, 2.75) is 50.6 Å². The first-order valence-electron chi connectivity index (χ1n) is 7.98. The van der Waals surface area contributed by atoms with Crippen molar-refractivity contribution in [3.63, 3.8) is 0 Å². The Bertz CT molecular complexity index is 816. The van der Waals surface area contributed by atoms with Crippen LogP contribution in [0.3, 0.4) is 0 Å². The molecule has 1 aromatic heterocycles. The Balaban J connectivity index is 1.65. The standard InChI is InChI=1S/C16H20N4O2S/c1-12-17-18-16-9-14-7-8-15(10-19(12)16)20(14)23(21,22)11-13-5-3-2-4-6-13/h2-6,14-15H,7-11H2,1H3/t14-,15+/m0/s1. The largest absolute Gasteiger partial charge is 0.314 e. The lowest BCUT2D eigenvalue weighted by Gasteiger charge is -2.27. The first-order chi connectivity index (χ1) is 11.0. The van der Waals surface area contributed by atoms with Crippen LogP contribution in [0.15, 0.2) is 30.3 Å². The van der Waals surface area contributed by atoms with Crippen molar-refractivity contribution in [1.29, 1.82) is 0 Å². The van der Waals surface area contributed by atoms with Crippen LogP contribution >= 0.6 is 0 Å². The van der Waals surface area contributed by atoms with Crippen molar-refractivity contribution in [1.82, 2.24) is 19.1 Å². The summed E-state index contributed by atoms with van der Waals surface area (Å²) in [5, 5.41) is 8.36. The highest BCUT2D eigenvalue weighted by molar-refractivity contribution is 7.88. The first-order valence-corrected chi connectivity index (χ1v) is 9.59. The van der Waals surface area contributed by atoms with Gasteiger partial charge in [0, 0.05) is 25.0 Å². The molecule has 2 aliphatic rings. The topological polar surface area (TPSA) is 68.1 Å². The van der Waals surface area contributed by atoms with E-state index in [1.165, 1.54) is 0 Å². The van der Waals surface area contributed by atoms with Gasteiger partial charge in [-0.15, -0.1) is 10.2 Å². The summed E-state index contributed by atoms with van der Waals surface area (Å²) in [6.45, 7) is 2.59. The highest BCUT2D eigenvalue weighted by atomic mass is 32.2. The number of rotatable bonds is 3. The maximum atomic E-state index is 13.0. The number of sulfonamides is 1. The van der Waals surface area contributed by atoms with E-state index >= 15 is 0 Å². The lowest BCUT2D eigenvalue weighted by Crippen LogP contribution is -2.42. The van der Waals surface area contributed by atoms with Crippen LogP contribution in [0.5, 0.6) is 0 Å². The third-order valence-electron chi connectivity index (χ3n) is 4.89. The molecule has 4 rings (SSSR count). The van der Waals surface area contributed by atoms with Crippen LogP contribution in [-0.4, -0.2) is 39.6 Å². The molecule has 1 saturated heterocycles. The average Bonchev–Trinajstić information content (AvgIpc) is 3.00. The van der Waals surface area contributed by atoms with Gasteiger partial charge in [0.25, 0.3) is 0 Å². The van der Waals surface area contributed by atoms with E-state index < -0.39 is 10.0 Å². The van der Waals surface area contributed by atoms with Gasteiger partial charge in [-0.05, 0) is 25.3 Å². The minimum atomic E-state index is -3.33. The number of hydrogen-bond donors (Lipinski definition) is 0. The van der Waals surface area contributed by atoms with E-state index in [4.69, 9.17) is 0 Å². The first kappa shape index (κ1) is 14.8. The highest BCUT2D eigenvalue weighted by Crippen LogP contribution is 2.34. The molecule has 0 spiro atoms. The van der Waals surface area contributed by atoms with Crippen molar-refractivity contribution in [2.75, 3.05) is 0 Å². The van der Waals surface area contributed by atoms with Crippen molar-refractivity contribution >= 4 is 10.0 Å². The molecule has 2 atom stereocenters. The van der Waals surface area contributed by atoms with Gasteiger partial charge in [-0.2, -0.15) is 4.31 Å². The molecule has 6 nitrogen and oxygen atoms in total. The molecule has 2 bridgehead atoms. The van der Waals surface area contributed by atoms with Crippen LogP contribution in [0.25, 0.3) is 0 Å². The Kier molecular flexibility index (Phi) is 3.50. The minimum Gasteiger partial charge on any atom is -0.314 e. The van der Waals surface area contributed by atoms with Crippen molar-refractivity contribution in [2.24, 2.45) is 0 Å². The molecule has 2 aromatic rings. The molecular weight excluding hydrogens is 312 g/mol. The normalized spacial score (nSPS) is 24.4. The number of aryl methyl sites for hydroxylation is 1. The zero-order valence-electron chi connectivity index (χ0n) is 13.1. The maximum Gasteiger partial charge on any atom is 0.218 e. The molecule has 0 N–H and O–H groups in total. The maximum absolute atomic E-state index is 13.0. The molecule has 1 fully saturated rings. The van der Waals surface area contributed by atoms with Crippen LogP contribution in [0.2, 0.25) is 0 Å². The van der Waals surface area contributed by atoms with Gasteiger partial charge in [0.2, 0.25) is 10.0 Å². The third kappa shape index (κ3) is 2.57. The molecule has 0 aliphatic carbocycles. The van der Waals surface area contributed by atoms with Crippen molar-refractivity contribution < 1.29 is 8.42 Å². The fraction of sp³-hybridized carbons (Fsp3) is 0.500. The summed E-state index contributed by atoms with van der Waals surface area (Å²) in [4.78, 5) is 0. The van der Waals surface area contributed by atoms with E-state index in [2.05, 4.69) is 14.8 Å². The quantitative estimate of drug-likeness (QED) is 0.854. The van der Waals surface area contributed by atoms with Crippen LogP contribution in [0.4, 0.5) is 0 Å². The fourth-order valence-corrected chi connectivity index (χ4v) is 5.87. The Morgan fingerprint density at radius 1 is 1.13 bits per heavy atom. The summed E-state index contributed by atoms with van der Waals surface area (Å²) in [5.41, 5.74) is 0.840. The van der Waals surface area contributed by atoms with Crippen LogP contribution in [-0.2, 0) is 28.7 Å². The number of benzene rings is 1. The second-order valence-electron chi connectivity index (χ2n) is 6.43. The lowest BCUT2D eigenvalue weighted by atomic mass is 10.1. The second-order valence-corrected chi connectivity index (χ2v) is 8.31. The van der Waals surface area contributed by atoms with Gasteiger partial charge >= 0.3 is 0 Å². The predicted molar refractivity (Wildman–Crippen MR) is 86.2 cm³/mol. The number of aromatic nitrogens is 3. The number of nitrogens with zero attached hydrogens (tertiary/aromatic N) is 4. The molecule has 0 unspecified atom stereocenters. The lowest BCUT2D eigenvalue weighted by molar-refractivity contribution is 0.314. The molecule has 23 heavy (non-hydrogen) atoms. The minimum absolute atomic E-state index is 0.0126. The summed E-state index contributed by atoms with van der Waals surface area (Å²) in [6.07, 6.45) is 2.48. The van der Waals surface area contributed by atoms with E-state index in [0.717, 1.165) is 30.1 Å². The van der Waals surface area contributed by atoms with Gasteiger partial charge < -0.3 is 4.57 Å². The van der Waals surface area contributed by atoms with Crippen molar-refractivity contribution in [3.05, 3.63) is 47.5 Å². The molecule has 122 valence electrons. The Morgan fingerprint density at radius 3 is 2.65 bits per heavy atom. The summed E-state index contributed by atoms with van der Waals surface area (Å²) in [6, 6.07) is 9.44. The molecule has 3 heterocycles. The Morgan fingerprint density at radius 2 is 1.87 bits per heavy atom. The molecule has 7 heteroatoms. The summed E-state index contributed by atoms with van der Waals surface area (Å²) in [5.74, 6) is 1.85. The Labute approximate surface area is 136 Å². The van der Waals surface area contributed by atoms with Crippen LogP contribution in [0, 0.1) is 6.92 Å². The molecule has 0 radical (unpaired) electrons. The summed E-state index contributed by atoms with van der Waals surface area (Å²) >= 11 is 0. The third-order valence-corrected chi connectivity index (χ3v) is 6.83. The van der Waals surface area contributed by atoms with E-state index in [9.17, 15) is 8.42 Å². The van der Waals surface area contributed by atoms with Crippen LogP contribution < -0.4 is 0 Å². The van der Waals surface area contributed by atoms with Gasteiger partial charge in [0.15, 0.2) is 0 Å². The SMILES string of the molecule is Cc1nnc2n1C[C@H]1CC[C@@H](C2)N1S(=O)(=O)Cc1ccccc1. The molecule has 0 amide bonds. The monoisotopic (exact) mass is 332 g/mol. The zero-order valence-corrected chi connectivity index (χ0v) is 13.9. The van der Waals surface area contributed by atoms with Gasteiger partial charge in [-0.25, -0.2) is 8.42 Å². The molecule has 2 aliphatic heterocycles. The van der Waals surface area contributed by atoms with Crippen molar-refractivity contribution in [3.8, 4) is 0 Å². The summed E-state index contributed by atoms with van der Waals surface area (Å²) in [7, 11) is -3.33. The molecule has 0 saturated carbocycles. The smallest absolute Gasteiger partial charge is 0.218 e. The van der Waals surface area contributed by atoms with Gasteiger partial charge in [-0.1, -0.05) is 30.3 Å². The second kappa shape index (κ2) is 5.42. The van der Waals surface area contributed by atoms with Gasteiger partial charge in [0.05, 0.1) is 5.75 Å². The molecule has 1 aromatic carbocycles. The van der Waals surface area contributed by atoms with E-state index in [1.54, 1.807) is 4.31 Å². The van der Waals surface area contributed by atoms with Gasteiger partial charge in [-0.3, -0.25) is 0 Å². The predicted octanol–water partition coefficient (Wildman–Crippen LogP) is 1.51. The number of hydrogen-bond acceptors (Lipinski definition) is 4.